The minimum atomic E-state index is 0.509. The summed E-state index contributed by atoms with van der Waals surface area (Å²) in [6.07, 6.45) is 6.90. The second-order valence-corrected chi connectivity index (χ2v) is 5.17. The third-order valence-electron chi connectivity index (χ3n) is 4.13. The van der Waals surface area contributed by atoms with E-state index in [1.165, 1.54) is 38.6 Å². The van der Waals surface area contributed by atoms with Crippen LogP contribution in [0.4, 0.5) is 0 Å². The zero-order chi connectivity index (χ0) is 11.4. The van der Waals surface area contributed by atoms with Crippen LogP contribution in [0, 0.1) is 0 Å². The predicted molar refractivity (Wildman–Crippen MR) is 66.7 cm³/mol. The van der Waals surface area contributed by atoms with E-state index in [9.17, 15) is 0 Å². The molecular formula is C13H26N2O. The molecule has 0 aromatic rings. The van der Waals surface area contributed by atoms with E-state index in [1.54, 1.807) is 0 Å². The molecule has 2 heterocycles. The van der Waals surface area contributed by atoms with Gasteiger partial charge >= 0.3 is 0 Å². The highest BCUT2D eigenvalue weighted by Gasteiger charge is 2.33. The number of rotatable bonds is 4. The molecule has 0 bridgehead atoms. The van der Waals surface area contributed by atoms with Crippen molar-refractivity contribution in [2.24, 2.45) is 0 Å². The van der Waals surface area contributed by atoms with E-state index in [4.69, 9.17) is 4.74 Å². The molecule has 0 aromatic heterocycles. The molecule has 3 heteroatoms. The SMILES string of the molecule is CCC1CC(N2CCCC2CNC)CCO1. The fraction of sp³-hybridized carbons (Fsp3) is 1.00. The number of ether oxygens (including phenoxy) is 1. The normalized spacial score (nSPS) is 36.8. The maximum Gasteiger partial charge on any atom is 0.0587 e. The van der Waals surface area contributed by atoms with Gasteiger partial charge in [-0.15, -0.1) is 0 Å². The first-order chi connectivity index (χ1) is 7.85. The van der Waals surface area contributed by atoms with Crippen molar-refractivity contribution >= 4 is 0 Å². The summed E-state index contributed by atoms with van der Waals surface area (Å²) in [5.74, 6) is 0. The Balaban J connectivity index is 1.89. The molecule has 1 N–H and O–H groups in total. The lowest BCUT2D eigenvalue weighted by Gasteiger charge is -2.38. The van der Waals surface area contributed by atoms with E-state index in [-0.39, 0.29) is 0 Å². The van der Waals surface area contributed by atoms with Crippen LogP contribution in [0.5, 0.6) is 0 Å². The molecule has 3 unspecified atom stereocenters. The van der Waals surface area contributed by atoms with Crippen molar-refractivity contribution in [1.29, 1.82) is 0 Å². The van der Waals surface area contributed by atoms with Crippen molar-refractivity contribution in [3.05, 3.63) is 0 Å². The Morgan fingerprint density at radius 3 is 3.00 bits per heavy atom. The summed E-state index contributed by atoms with van der Waals surface area (Å²) in [6.45, 7) is 5.65. The third-order valence-corrected chi connectivity index (χ3v) is 4.13. The second kappa shape index (κ2) is 5.99. The van der Waals surface area contributed by atoms with E-state index in [2.05, 4.69) is 24.2 Å². The Bertz CT molecular complexity index is 210. The van der Waals surface area contributed by atoms with Crippen LogP contribution in [0.3, 0.4) is 0 Å². The quantitative estimate of drug-likeness (QED) is 0.788. The third kappa shape index (κ3) is 2.76. The van der Waals surface area contributed by atoms with Gasteiger partial charge in [0, 0.05) is 25.2 Å². The van der Waals surface area contributed by atoms with Gasteiger partial charge in [0.25, 0.3) is 0 Å². The van der Waals surface area contributed by atoms with E-state index in [0.717, 1.165) is 25.2 Å². The highest BCUT2D eigenvalue weighted by molar-refractivity contribution is 4.88. The summed E-state index contributed by atoms with van der Waals surface area (Å²) in [7, 11) is 2.06. The molecule has 0 amide bonds. The number of likely N-dealkylation sites (tertiary alicyclic amines) is 1. The van der Waals surface area contributed by atoms with Crippen LogP contribution >= 0.6 is 0 Å². The molecule has 0 saturated carbocycles. The molecule has 2 saturated heterocycles. The standard InChI is InChI=1S/C13H26N2O/c1-3-13-9-11(6-8-16-13)15-7-4-5-12(15)10-14-2/h11-14H,3-10H2,1-2H3. The predicted octanol–water partition coefficient (Wildman–Crippen LogP) is 1.63. The summed E-state index contributed by atoms with van der Waals surface area (Å²) >= 11 is 0. The summed E-state index contributed by atoms with van der Waals surface area (Å²) in [5.41, 5.74) is 0. The summed E-state index contributed by atoms with van der Waals surface area (Å²) in [5, 5.41) is 3.33. The molecule has 0 aromatic carbocycles. The Labute approximate surface area is 99.5 Å². The van der Waals surface area contributed by atoms with Crippen LogP contribution in [0.1, 0.15) is 39.0 Å². The van der Waals surface area contributed by atoms with Crippen molar-refractivity contribution in [2.45, 2.75) is 57.2 Å². The maximum absolute atomic E-state index is 5.77. The number of nitrogens with one attached hydrogen (secondary N) is 1. The summed E-state index contributed by atoms with van der Waals surface area (Å²) in [6, 6.07) is 1.55. The van der Waals surface area contributed by atoms with Crippen LogP contribution in [0.2, 0.25) is 0 Å². The lowest BCUT2D eigenvalue weighted by molar-refractivity contribution is -0.0307. The maximum atomic E-state index is 5.77. The zero-order valence-electron chi connectivity index (χ0n) is 10.7. The number of hydrogen-bond donors (Lipinski definition) is 1. The number of nitrogens with zero attached hydrogens (tertiary/aromatic N) is 1. The van der Waals surface area contributed by atoms with E-state index in [0.29, 0.717) is 6.10 Å². The van der Waals surface area contributed by atoms with Crippen molar-refractivity contribution in [3.8, 4) is 0 Å². The number of likely N-dealkylation sites (N-methyl/N-ethyl adjacent to an activating group) is 1. The minimum absolute atomic E-state index is 0.509. The average molecular weight is 226 g/mol. The molecule has 16 heavy (non-hydrogen) atoms. The molecule has 0 radical (unpaired) electrons. The Hall–Kier alpha value is -0.120. The van der Waals surface area contributed by atoms with Crippen molar-refractivity contribution in [3.63, 3.8) is 0 Å². The Morgan fingerprint density at radius 2 is 2.25 bits per heavy atom. The van der Waals surface area contributed by atoms with Crippen molar-refractivity contribution < 1.29 is 4.74 Å². The van der Waals surface area contributed by atoms with Crippen LogP contribution in [0.25, 0.3) is 0 Å². The Kier molecular flexibility index (Phi) is 4.62. The molecule has 2 aliphatic heterocycles. The van der Waals surface area contributed by atoms with E-state index in [1.807, 2.05) is 0 Å². The summed E-state index contributed by atoms with van der Waals surface area (Å²) in [4.78, 5) is 2.74. The zero-order valence-corrected chi connectivity index (χ0v) is 10.7. The first kappa shape index (κ1) is 12.3. The fourth-order valence-corrected chi connectivity index (χ4v) is 3.24. The van der Waals surface area contributed by atoms with Crippen LogP contribution in [-0.4, -0.2) is 49.8 Å². The van der Waals surface area contributed by atoms with Crippen LogP contribution in [0.15, 0.2) is 0 Å². The van der Waals surface area contributed by atoms with Gasteiger partial charge in [0.15, 0.2) is 0 Å². The van der Waals surface area contributed by atoms with Gasteiger partial charge in [-0.25, -0.2) is 0 Å². The minimum Gasteiger partial charge on any atom is -0.378 e. The Morgan fingerprint density at radius 1 is 1.38 bits per heavy atom. The van der Waals surface area contributed by atoms with E-state index < -0.39 is 0 Å². The van der Waals surface area contributed by atoms with Gasteiger partial charge in [0.05, 0.1) is 6.10 Å². The molecule has 94 valence electrons. The summed E-state index contributed by atoms with van der Waals surface area (Å²) < 4.78 is 5.77. The van der Waals surface area contributed by atoms with Crippen molar-refractivity contribution in [1.82, 2.24) is 10.2 Å². The van der Waals surface area contributed by atoms with Crippen molar-refractivity contribution in [2.75, 3.05) is 26.7 Å². The highest BCUT2D eigenvalue weighted by Crippen LogP contribution is 2.27. The fourth-order valence-electron chi connectivity index (χ4n) is 3.24. The average Bonchev–Trinajstić information content (AvgIpc) is 2.78. The van der Waals surface area contributed by atoms with Gasteiger partial charge in [-0.3, -0.25) is 4.90 Å². The van der Waals surface area contributed by atoms with Gasteiger partial charge < -0.3 is 10.1 Å². The van der Waals surface area contributed by atoms with Gasteiger partial charge in [-0.1, -0.05) is 6.92 Å². The van der Waals surface area contributed by atoms with Gasteiger partial charge in [0.2, 0.25) is 0 Å². The lowest BCUT2D eigenvalue weighted by Crippen LogP contribution is -2.47. The molecule has 2 aliphatic rings. The molecule has 3 atom stereocenters. The first-order valence-corrected chi connectivity index (χ1v) is 6.87. The van der Waals surface area contributed by atoms with E-state index >= 15 is 0 Å². The van der Waals surface area contributed by atoms with Gasteiger partial charge in [-0.2, -0.15) is 0 Å². The lowest BCUT2D eigenvalue weighted by atomic mass is 9.99. The molecule has 2 fully saturated rings. The van der Waals surface area contributed by atoms with Crippen LogP contribution in [-0.2, 0) is 4.74 Å². The second-order valence-electron chi connectivity index (χ2n) is 5.17. The molecular weight excluding hydrogens is 200 g/mol. The monoisotopic (exact) mass is 226 g/mol. The highest BCUT2D eigenvalue weighted by atomic mass is 16.5. The topological polar surface area (TPSA) is 24.5 Å². The molecule has 2 rings (SSSR count). The molecule has 0 aliphatic carbocycles. The van der Waals surface area contributed by atoms with Gasteiger partial charge in [0.1, 0.15) is 0 Å². The number of hydrogen-bond acceptors (Lipinski definition) is 3. The molecule has 0 spiro atoms. The smallest absolute Gasteiger partial charge is 0.0587 e. The largest absolute Gasteiger partial charge is 0.378 e. The van der Waals surface area contributed by atoms with Gasteiger partial charge in [-0.05, 0) is 45.7 Å². The van der Waals surface area contributed by atoms with Crippen LogP contribution < -0.4 is 5.32 Å². The molecule has 3 nitrogen and oxygen atoms in total. The first-order valence-electron chi connectivity index (χ1n) is 6.87.